The summed E-state index contributed by atoms with van der Waals surface area (Å²) in [5.41, 5.74) is 12.2. The number of carbonyl (C=O) groups is 5. The Hall–Kier alpha value is -3.36. The zero-order valence-electron chi connectivity index (χ0n) is 20.3. The molecule has 13 nitrogen and oxygen atoms in total. The number of phenols is 1. The van der Waals surface area contributed by atoms with Crippen molar-refractivity contribution in [2.24, 2.45) is 11.5 Å². The number of aliphatic carboxylic acids is 2. The van der Waals surface area contributed by atoms with E-state index < -0.39 is 60.2 Å². The fraction of sp³-hybridized carbons (Fsp3) is 0.522. The number of carboxylic acid groups (broad SMARTS) is 2. The number of benzene rings is 1. The number of phenolic OH excluding ortho intramolecular Hbond substituents is 1. The van der Waals surface area contributed by atoms with Gasteiger partial charge in [-0.1, -0.05) is 12.1 Å². The van der Waals surface area contributed by atoms with E-state index >= 15 is 0 Å². The van der Waals surface area contributed by atoms with Gasteiger partial charge in [0.2, 0.25) is 17.7 Å². The highest BCUT2D eigenvalue weighted by atomic mass is 32.1. The van der Waals surface area contributed by atoms with E-state index in [-0.39, 0.29) is 30.8 Å². The SMILES string of the molecule is NCCCCC(NC(=O)C(N)Cc1ccc(O)cc1)C(=O)NC(CCC(=O)O)C(=O)NC(CS)C(=O)O. The summed E-state index contributed by atoms with van der Waals surface area (Å²) in [6.45, 7) is 0.354. The van der Waals surface area contributed by atoms with Gasteiger partial charge >= 0.3 is 11.9 Å². The van der Waals surface area contributed by atoms with Crippen molar-refractivity contribution in [3.05, 3.63) is 29.8 Å². The lowest BCUT2D eigenvalue weighted by Gasteiger charge is -2.25. The lowest BCUT2D eigenvalue weighted by atomic mass is 10.0. The Morgan fingerprint density at radius 1 is 0.838 bits per heavy atom. The summed E-state index contributed by atoms with van der Waals surface area (Å²) in [6.07, 6.45) is 0.545. The van der Waals surface area contributed by atoms with Crippen LogP contribution in [0.5, 0.6) is 5.75 Å². The normalized spacial score (nSPS) is 14.0. The molecule has 10 N–H and O–H groups in total. The van der Waals surface area contributed by atoms with Gasteiger partial charge in [0.1, 0.15) is 23.9 Å². The van der Waals surface area contributed by atoms with Crippen LogP contribution in [0.1, 0.15) is 37.7 Å². The molecule has 0 heterocycles. The highest BCUT2D eigenvalue weighted by Gasteiger charge is 2.30. The van der Waals surface area contributed by atoms with Crippen LogP contribution in [0.15, 0.2) is 24.3 Å². The summed E-state index contributed by atoms with van der Waals surface area (Å²) in [4.78, 5) is 60.7. The molecule has 0 saturated carbocycles. The summed E-state index contributed by atoms with van der Waals surface area (Å²) in [6, 6.07) is 1.27. The number of nitrogens with two attached hydrogens (primary N) is 2. The Balaban J connectivity index is 2.97. The van der Waals surface area contributed by atoms with Crippen LogP contribution < -0.4 is 27.4 Å². The van der Waals surface area contributed by atoms with Crippen molar-refractivity contribution in [1.29, 1.82) is 0 Å². The second kappa shape index (κ2) is 16.4. The zero-order valence-corrected chi connectivity index (χ0v) is 21.2. The van der Waals surface area contributed by atoms with Gasteiger partial charge in [-0.15, -0.1) is 0 Å². The molecule has 37 heavy (non-hydrogen) atoms. The molecule has 0 aromatic heterocycles. The van der Waals surface area contributed by atoms with Crippen molar-refractivity contribution in [3.63, 3.8) is 0 Å². The average Bonchev–Trinajstić information content (AvgIpc) is 2.85. The number of aromatic hydroxyl groups is 1. The van der Waals surface area contributed by atoms with Crippen molar-refractivity contribution in [3.8, 4) is 5.75 Å². The second-order valence-electron chi connectivity index (χ2n) is 8.40. The van der Waals surface area contributed by atoms with Gasteiger partial charge < -0.3 is 42.7 Å². The van der Waals surface area contributed by atoms with Gasteiger partial charge in [-0.25, -0.2) is 4.79 Å². The van der Waals surface area contributed by atoms with Crippen LogP contribution >= 0.6 is 12.6 Å². The van der Waals surface area contributed by atoms with Gasteiger partial charge in [0.15, 0.2) is 0 Å². The zero-order chi connectivity index (χ0) is 28.0. The monoisotopic (exact) mass is 541 g/mol. The number of hydrogen-bond acceptors (Lipinski definition) is 9. The second-order valence-corrected chi connectivity index (χ2v) is 8.76. The molecule has 0 fully saturated rings. The lowest BCUT2D eigenvalue weighted by molar-refractivity contribution is -0.142. The molecule has 0 bridgehead atoms. The Morgan fingerprint density at radius 2 is 1.38 bits per heavy atom. The highest BCUT2D eigenvalue weighted by molar-refractivity contribution is 7.80. The van der Waals surface area contributed by atoms with Gasteiger partial charge in [0.25, 0.3) is 0 Å². The molecule has 14 heteroatoms. The van der Waals surface area contributed by atoms with E-state index in [1.165, 1.54) is 12.1 Å². The third-order valence-corrected chi connectivity index (χ3v) is 5.75. The highest BCUT2D eigenvalue weighted by Crippen LogP contribution is 2.11. The van der Waals surface area contributed by atoms with E-state index in [2.05, 4.69) is 28.6 Å². The fourth-order valence-corrected chi connectivity index (χ4v) is 3.53. The largest absolute Gasteiger partial charge is 0.508 e. The first-order valence-electron chi connectivity index (χ1n) is 11.7. The van der Waals surface area contributed by atoms with Gasteiger partial charge in [-0.05, 0) is 56.3 Å². The molecule has 0 aliphatic carbocycles. The van der Waals surface area contributed by atoms with E-state index in [0.717, 1.165) is 0 Å². The summed E-state index contributed by atoms with van der Waals surface area (Å²) < 4.78 is 0. The number of thiol groups is 1. The number of rotatable bonds is 17. The number of amides is 3. The Kier molecular flexibility index (Phi) is 14.0. The molecular weight excluding hydrogens is 506 g/mol. The van der Waals surface area contributed by atoms with Gasteiger partial charge in [-0.3, -0.25) is 19.2 Å². The topological polar surface area (TPSA) is 234 Å². The maximum Gasteiger partial charge on any atom is 0.327 e. The van der Waals surface area contributed by atoms with Crippen LogP contribution in [0.4, 0.5) is 0 Å². The summed E-state index contributed by atoms with van der Waals surface area (Å²) >= 11 is 3.87. The van der Waals surface area contributed by atoms with Crippen LogP contribution in [-0.2, 0) is 30.4 Å². The first-order valence-corrected chi connectivity index (χ1v) is 12.3. The Labute approximate surface area is 219 Å². The van der Waals surface area contributed by atoms with Gasteiger partial charge in [0, 0.05) is 12.2 Å². The predicted molar refractivity (Wildman–Crippen MR) is 137 cm³/mol. The van der Waals surface area contributed by atoms with E-state index in [4.69, 9.17) is 21.7 Å². The number of unbranched alkanes of at least 4 members (excludes halogenated alkanes) is 1. The molecule has 4 atom stereocenters. The molecular formula is C23H35N5O8S. The molecule has 1 aromatic rings. The molecule has 0 spiro atoms. The van der Waals surface area contributed by atoms with Crippen LogP contribution in [0.2, 0.25) is 0 Å². The van der Waals surface area contributed by atoms with Crippen LogP contribution in [0.3, 0.4) is 0 Å². The third-order valence-electron chi connectivity index (χ3n) is 5.39. The Bertz CT molecular complexity index is 930. The van der Waals surface area contributed by atoms with E-state index in [9.17, 15) is 29.1 Å². The molecule has 3 amide bonds. The first kappa shape index (κ1) is 31.7. The Morgan fingerprint density at radius 3 is 1.89 bits per heavy atom. The molecule has 0 saturated heterocycles. The average molecular weight is 542 g/mol. The number of carbonyl (C=O) groups excluding carboxylic acids is 3. The maximum absolute atomic E-state index is 13.1. The van der Waals surface area contributed by atoms with E-state index in [1.807, 2.05) is 0 Å². The number of carboxylic acids is 2. The quantitative estimate of drug-likeness (QED) is 0.0837. The van der Waals surface area contributed by atoms with Crippen molar-refractivity contribution in [2.45, 2.75) is 62.7 Å². The number of nitrogens with one attached hydrogen (secondary N) is 3. The lowest BCUT2D eigenvalue weighted by Crippen LogP contribution is -2.57. The number of hydrogen-bond donors (Lipinski definition) is 9. The molecule has 1 aromatic carbocycles. The molecule has 0 aliphatic heterocycles. The van der Waals surface area contributed by atoms with Crippen molar-refractivity contribution < 1.29 is 39.3 Å². The van der Waals surface area contributed by atoms with Crippen LogP contribution in [0, 0.1) is 0 Å². The maximum atomic E-state index is 13.1. The van der Waals surface area contributed by atoms with Crippen molar-refractivity contribution in [2.75, 3.05) is 12.3 Å². The van der Waals surface area contributed by atoms with Crippen molar-refractivity contribution in [1.82, 2.24) is 16.0 Å². The van der Waals surface area contributed by atoms with Gasteiger partial charge in [-0.2, -0.15) is 12.6 Å². The van der Waals surface area contributed by atoms with Crippen molar-refractivity contribution >= 4 is 42.3 Å². The third kappa shape index (κ3) is 11.9. The van der Waals surface area contributed by atoms with E-state index in [0.29, 0.717) is 24.9 Å². The minimum absolute atomic E-state index is 0.0592. The smallest absolute Gasteiger partial charge is 0.327 e. The minimum Gasteiger partial charge on any atom is -0.508 e. The van der Waals surface area contributed by atoms with Crippen LogP contribution in [-0.4, -0.2) is 81.4 Å². The standard InChI is InChI=1S/C23H35N5O8S/c24-10-2-1-3-16(26-20(32)15(25)11-13-4-6-14(29)7-5-13)21(33)27-17(8-9-19(30)31)22(34)28-18(12-37)23(35)36/h4-7,15-18,29,37H,1-3,8-12,24-25H2,(H,26,32)(H,27,33)(H,28,34)(H,30,31)(H,35,36). The summed E-state index contributed by atoms with van der Waals surface area (Å²) in [5, 5.41) is 34.8. The van der Waals surface area contributed by atoms with Crippen LogP contribution in [0.25, 0.3) is 0 Å². The van der Waals surface area contributed by atoms with Gasteiger partial charge in [0.05, 0.1) is 6.04 Å². The summed E-state index contributed by atoms with van der Waals surface area (Å²) in [5.74, 6) is -5.02. The molecule has 0 radical (unpaired) electrons. The first-order chi connectivity index (χ1) is 17.5. The predicted octanol–water partition coefficient (Wildman–Crippen LogP) is -1.28. The molecule has 0 aliphatic rings. The molecule has 1 rings (SSSR count). The fourth-order valence-electron chi connectivity index (χ4n) is 3.29. The van der Waals surface area contributed by atoms with E-state index in [1.54, 1.807) is 12.1 Å². The minimum atomic E-state index is -1.37. The summed E-state index contributed by atoms with van der Waals surface area (Å²) in [7, 11) is 0. The molecule has 206 valence electrons. The molecule has 4 unspecified atom stereocenters.